The van der Waals surface area contributed by atoms with Crippen LogP contribution in [-0.4, -0.2) is 21.5 Å². The molecule has 6 rings (SSSR count). The summed E-state index contributed by atoms with van der Waals surface area (Å²) >= 11 is 6.15. The number of anilines is 2. The molecule has 11 heteroatoms. The number of carbonyl (C=O) groups is 1. The lowest BCUT2D eigenvalue weighted by molar-refractivity contribution is -0.138. The molecule has 0 atom stereocenters. The number of alkyl halides is 3. The molecule has 0 unspecified atom stereocenters. The van der Waals surface area contributed by atoms with Crippen LogP contribution in [0.4, 0.5) is 29.2 Å². The summed E-state index contributed by atoms with van der Waals surface area (Å²) in [5.74, 6) is -0.579. The molecule has 1 saturated carbocycles. The number of fused-ring (bicyclic) bond motifs is 3. The van der Waals surface area contributed by atoms with Crippen LogP contribution < -0.4 is 15.4 Å². The Hall–Kier alpha value is -3.79. The molecule has 0 radical (unpaired) electrons. The maximum absolute atomic E-state index is 14.4. The van der Waals surface area contributed by atoms with Gasteiger partial charge in [0.05, 0.1) is 38.4 Å². The van der Waals surface area contributed by atoms with Crippen LogP contribution in [0.15, 0.2) is 48.5 Å². The third-order valence-electron chi connectivity index (χ3n) is 7.12. The van der Waals surface area contributed by atoms with Crippen LogP contribution in [0.2, 0.25) is 5.02 Å². The van der Waals surface area contributed by atoms with Gasteiger partial charge in [0, 0.05) is 12.0 Å². The van der Waals surface area contributed by atoms with E-state index in [4.69, 9.17) is 16.3 Å². The molecule has 3 aromatic carbocycles. The zero-order valence-corrected chi connectivity index (χ0v) is 21.6. The predicted molar refractivity (Wildman–Crippen MR) is 139 cm³/mol. The molecule has 1 fully saturated rings. The number of rotatable bonds is 5. The molecule has 6 nitrogen and oxygen atoms in total. The highest BCUT2D eigenvalue weighted by Crippen LogP contribution is 2.50. The van der Waals surface area contributed by atoms with Crippen molar-refractivity contribution in [2.45, 2.75) is 50.4 Å². The fourth-order valence-electron chi connectivity index (χ4n) is 5.21. The van der Waals surface area contributed by atoms with E-state index in [1.807, 2.05) is 13.8 Å². The summed E-state index contributed by atoms with van der Waals surface area (Å²) in [6.45, 7) is 3.74. The number of imidazole rings is 1. The Morgan fingerprint density at radius 1 is 1.13 bits per heavy atom. The van der Waals surface area contributed by atoms with Gasteiger partial charge in [0.25, 0.3) is 5.91 Å². The number of benzene rings is 3. The van der Waals surface area contributed by atoms with Crippen LogP contribution >= 0.6 is 11.6 Å². The van der Waals surface area contributed by atoms with E-state index in [1.165, 1.54) is 42.5 Å². The zero-order valence-electron chi connectivity index (χ0n) is 20.9. The first-order valence-electron chi connectivity index (χ1n) is 12.3. The highest BCUT2D eigenvalue weighted by Gasteiger charge is 2.51. The largest absolute Gasteiger partial charge is 0.486 e. The average molecular weight is 559 g/mol. The van der Waals surface area contributed by atoms with Gasteiger partial charge in [0.1, 0.15) is 17.2 Å². The fraction of sp³-hybridized carbons (Fsp3) is 0.286. The number of para-hydroxylation sites is 1. The van der Waals surface area contributed by atoms with Gasteiger partial charge in [-0.15, -0.1) is 0 Å². The van der Waals surface area contributed by atoms with Crippen molar-refractivity contribution >= 4 is 40.2 Å². The Labute approximate surface area is 225 Å². The van der Waals surface area contributed by atoms with Gasteiger partial charge in [0.15, 0.2) is 0 Å². The molecule has 1 aliphatic heterocycles. The van der Waals surface area contributed by atoms with Gasteiger partial charge >= 0.3 is 6.18 Å². The monoisotopic (exact) mass is 558 g/mol. The third-order valence-corrected chi connectivity index (χ3v) is 7.43. The molecule has 1 amide bonds. The number of carbonyl (C=O) groups excluding carboxylic acids is 1. The van der Waals surface area contributed by atoms with Gasteiger partial charge in [-0.2, -0.15) is 13.2 Å². The molecule has 2 heterocycles. The number of aromatic nitrogens is 2. The van der Waals surface area contributed by atoms with Gasteiger partial charge in [-0.1, -0.05) is 35.9 Å². The summed E-state index contributed by atoms with van der Waals surface area (Å²) < 4.78 is 61.7. The molecule has 39 heavy (non-hydrogen) atoms. The van der Waals surface area contributed by atoms with E-state index in [9.17, 15) is 22.4 Å². The predicted octanol–water partition coefficient (Wildman–Crippen LogP) is 7.25. The Morgan fingerprint density at radius 3 is 2.56 bits per heavy atom. The number of ether oxygens (including phenoxy) is 1. The second-order valence-electron chi connectivity index (χ2n) is 10.6. The first kappa shape index (κ1) is 25.5. The smallest absolute Gasteiger partial charge is 0.416 e. The second-order valence-corrected chi connectivity index (χ2v) is 11.0. The molecule has 0 spiro atoms. The normalized spacial score (nSPS) is 17.0. The van der Waals surface area contributed by atoms with Crippen molar-refractivity contribution in [3.05, 3.63) is 81.6 Å². The standard InChI is InChI=1S/C28H23ClF4N4O2/c1-26(2)13-15-21-20(34-25(35-21)36-22-18(29)8-5-9-19(22)30)12-14(23(15)39-26)24(38)37-27(10-11-27)16-6-3-4-7-17(16)28(31,32)33/h3-9,12H,10-11,13H2,1-2H3,(H,37,38)(H2,34,35,36). The molecule has 2 aliphatic rings. The summed E-state index contributed by atoms with van der Waals surface area (Å²) in [4.78, 5) is 21.3. The van der Waals surface area contributed by atoms with Crippen molar-refractivity contribution in [3.63, 3.8) is 0 Å². The number of H-pyrrole nitrogens is 1. The van der Waals surface area contributed by atoms with Crippen molar-refractivity contribution in [2.24, 2.45) is 0 Å². The SMILES string of the molecule is CC1(C)Cc2c(c(C(=O)NC3(c4ccccc4C(F)(F)F)CC3)cc3nc(Nc4c(F)cccc4Cl)[nH]c23)O1. The Bertz CT molecular complexity index is 1620. The maximum atomic E-state index is 14.4. The molecule has 202 valence electrons. The number of hydrogen-bond donors (Lipinski definition) is 3. The lowest BCUT2D eigenvalue weighted by Crippen LogP contribution is -2.36. The summed E-state index contributed by atoms with van der Waals surface area (Å²) in [5.41, 5.74) is -0.569. The summed E-state index contributed by atoms with van der Waals surface area (Å²) in [5, 5.41) is 5.88. The van der Waals surface area contributed by atoms with E-state index in [0.717, 1.165) is 6.07 Å². The lowest BCUT2D eigenvalue weighted by atomic mass is 9.96. The number of aromatic amines is 1. The highest BCUT2D eigenvalue weighted by atomic mass is 35.5. The minimum Gasteiger partial charge on any atom is -0.486 e. The molecule has 0 bridgehead atoms. The van der Waals surface area contributed by atoms with Crippen LogP contribution in [0.1, 0.15) is 53.7 Å². The summed E-state index contributed by atoms with van der Waals surface area (Å²) in [7, 11) is 0. The van der Waals surface area contributed by atoms with Gasteiger partial charge in [0.2, 0.25) is 5.95 Å². The van der Waals surface area contributed by atoms with E-state index in [2.05, 4.69) is 20.6 Å². The maximum Gasteiger partial charge on any atom is 0.416 e. The lowest BCUT2D eigenvalue weighted by Gasteiger charge is -2.23. The molecule has 0 saturated heterocycles. The van der Waals surface area contributed by atoms with Crippen molar-refractivity contribution in [2.75, 3.05) is 5.32 Å². The number of hydrogen-bond acceptors (Lipinski definition) is 4. The fourth-order valence-corrected chi connectivity index (χ4v) is 5.42. The summed E-state index contributed by atoms with van der Waals surface area (Å²) in [6.07, 6.45) is -3.35. The third kappa shape index (κ3) is 4.46. The number of nitrogens with zero attached hydrogens (tertiary/aromatic N) is 1. The zero-order chi connectivity index (χ0) is 27.7. The Balaban J connectivity index is 1.39. The molecule has 1 aliphatic carbocycles. The molecule has 3 N–H and O–H groups in total. The van der Waals surface area contributed by atoms with Crippen LogP contribution in [0.25, 0.3) is 11.0 Å². The molecular formula is C28H23ClF4N4O2. The van der Waals surface area contributed by atoms with Gasteiger partial charge < -0.3 is 20.4 Å². The first-order chi connectivity index (χ1) is 18.4. The van der Waals surface area contributed by atoms with Crippen LogP contribution in [0.3, 0.4) is 0 Å². The van der Waals surface area contributed by atoms with Crippen LogP contribution in [0, 0.1) is 5.82 Å². The highest BCUT2D eigenvalue weighted by molar-refractivity contribution is 6.33. The van der Waals surface area contributed by atoms with E-state index in [1.54, 1.807) is 0 Å². The molecular weight excluding hydrogens is 536 g/mol. The number of amides is 1. The quantitative estimate of drug-likeness (QED) is 0.225. The second kappa shape index (κ2) is 8.61. The topological polar surface area (TPSA) is 79.0 Å². The molecule has 1 aromatic heterocycles. The van der Waals surface area contributed by atoms with Gasteiger partial charge in [-0.25, -0.2) is 9.37 Å². The Morgan fingerprint density at radius 2 is 1.87 bits per heavy atom. The van der Waals surface area contributed by atoms with Crippen molar-refractivity contribution in [1.29, 1.82) is 0 Å². The van der Waals surface area contributed by atoms with E-state index in [0.29, 0.717) is 41.6 Å². The van der Waals surface area contributed by atoms with Gasteiger partial charge in [-0.3, -0.25) is 4.79 Å². The average Bonchev–Trinajstić information content (AvgIpc) is 3.39. The van der Waals surface area contributed by atoms with Gasteiger partial charge in [-0.05, 0) is 56.5 Å². The summed E-state index contributed by atoms with van der Waals surface area (Å²) in [6, 6.07) is 11.1. The van der Waals surface area contributed by atoms with E-state index in [-0.39, 0.29) is 27.8 Å². The number of nitrogens with one attached hydrogen (secondary N) is 3. The van der Waals surface area contributed by atoms with Crippen molar-refractivity contribution in [3.8, 4) is 5.75 Å². The Kier molecular flexibility index (Phi) is 5.62. The molecule has 4 aromatic rings. The number of halogens is 5. The first-order valence-corrected chi connectivity index (χ1v) is 12.7. The van der Waals surface area contributed by atoms with E-state index < -0.39 is 34.6 Å². The minimum atomic E-state index is -4.55. The van der Waals surface area contributed by atoms with Crippen LogP contribution in [-0.2, 0) is 18.1 Å². The minimum absolute atomic E-state index is 0.0397. The van der Waals surface area contributed by atoms with Crippen molar-refractivity contribution in [1.82, 2.24) is 15.3 Å². The van der Waals surface area contributed by atoms with Crippen molar-refractivity contribution < 1.29 is 27.1 Å². The van der Waals surface area contributed by atoms with E-state index >= 15 is 0 Å². The van der Waals surface area contributed by atoms with Crippen LogP contribution in [0.5, 0.6) is 5.75 Å².